The van der Waals surface area contributed by atoms with Crippen LogP contribution in [-0.4, -0.2) is 18.1 Å². The fourth-order valence-electron chi connectivity index (χ4n) is 2.86. The third kappa shape index (κ3) is 3.50. The molecule has 8 heteroatoms. The molecule has 1 aromatic heterocycles. The van der Waals surface area contributed by atoms with Crippen LogP contribution in [0.4, 0.5) is 18.9 Å². The minimum absolute atomic E-state index is 0.0784. The van der Waals surface area contributed by atoms with Crippen molar-refractivity contribution in [1.29, 1.82) is 5.26 Å². The number of halogens is 4. The molecule has 1 aliphatic rings. The Kier molecular flexibility index (Phi) is 4.70. The first-order valence-corrected chi connectivity index (χ1v) is 8.61. The molecular formula is C16H13ClF3N3S. The van der Waals surface area contributed by atoms with Crippen molar-refractivity contribution in [1.82, 2.24) is 4.98 Å². The van der Waals surface area contributed by atoms with Gasteiger partial charge in [0.2, 0.25) is 0 Å². The minimum Gasteiger partial charge on any atom is -0.370 e. The summed E-state index contributed by atoms with van der Waals surface area (Å²) in [5.74, 6) is -0.0784. The summed E-state index contributed by atoms with van der Waals surface area (Å²) in [6.07, 6.45) is -2.81. The average molecular weight is 372 g/mol. The lowest BCUT2D eigenvalue weighted by atomic mass is 9.97. The second-order valence-electron chi connectivity index (χ2n) is 5.63. The van der Waals surface area contributed by atoms with Gasteiger partial charge in [-0.25, -0.2) is 4.98 Å². The van der Waals surface area contributed by atoms with Gasteiger partial charge < -0.3 is 4.90 Å². The molecule has 0 amide bonds. The maximum absolute atomic E-state index is 12.7. The number of thiazole rings is 1. The highest BCUT2D eigenvalue weighted by molar-refractivity contribution is 7.09. The first-order valence-electron chi connectivity index (χ1n) is 7.35. The minimum atomic E-state index is -4.41. The Hall–Kier alpha value is -1.78. The molecule has 2 aromatic rings. The SMILES string of the molecule is N#Cc1ccc(Cl)cc1N1CCCC(c2nc(C(F)(F)F)cs2)C1. The van der Waals surface area contributed by atoms with E-state index in [1.54, 1.807) is 18.2 Å². The van der Waals surface area contributed by atoms with E-state index >= 15 is 0 Å². The van der Waals surface area contributed by atoms with Gasteiger partial charge in [0, 0.05) is 29.4 Å². The number of aromatic nitrogens is 1. The van der Waals surface area contributed by atoms with E-state index < -0.39 is 11.9 Å². The van der Waals surface area contributed by atoms with E-state index in [-0.39, 0.29) is 5.92 Å². The molecule has 0 aliphatic carbocycles. The molecular weight excluding hydrogens is 359 g/mol. The third-order valence-electron chi connectivity index (χ3n) is 4.00. The molecule has 1 atom stereocenters. The van der Waals surface area contributed by atoms with E-state index in [1.807, 2.05) is 4.90 Å². The van der Waals surface area contributed by atoms with Crippen LogP contribution in [0.25, 0.3) is 0 Å². The van der Waals surface area contributed by atoms with Crippen LogP contribution in [0.1, 0.15) is 35.0 Å². The fraction of sp³-hybridized carbons (Fsp3) is 0.375. The highest BCUT2D eigenvalue weighted by Crippen LogP contribution is 2.36. The summed E-state index contributed by atoms with van der Waals surface area (Å²) >= 11 is 7.07. The van der Waals surface area contributed by atoms with E-state index in [1.165, 1.54) is 0 Å². The summed E-state index contributed by atoms with van der Waals surface area (Å²) in [7, 11) is 0. The van der Waals surface area contributed by atoms with Gasteiger partial charge in [0.05, 0.1) is 16.3 Å². The highest BCUT2D eigenvalue weighted by Gasteiger charge is 2.35. The molecule has 3 rings (SSSR count). The van der Waals surface area contributed by atoms with E-state index in [0.29, 0.717) is 22.1 Å². The number of anilines is 1. The molecule has 3 nitrogen and oxygen atoms in total. The molecule has 0 radical (unpaired) electrons. The first kappa shape index (κ1) is 17.1. The van der Waals surface area contributed by atoms with Crippen LogP contribution in [0, 0.1) is 11.3 Å². The number of nitriles is 1. The maximum atomic E-state index is 12.7. The maximum Gasteiger partial charge on any atom is 0.434 e. The van der Waals surface area contributed by atoms with Crippen molar-refractivity contribution < 1.29 is 13.2 Å². The van der Waals surface area contributed by atoms with Gasteiger partial charge in [-0.15, -0.1) is 11.3 Å². The standard InChI is InChI=1S/C16H13ClF3N3S/c17-12-4-3-10(7-21)13(6-12)23-5-1-2-11(8-23)15-22-14(9-24-15)16(18,19)20/h3-4,6,9,11H,1-2,5,8H2. The monoisotopic (exact) mass is 371 g/mol. The van der Waals surface area contributed by atoms with Gasteiger partial charge >= 0.3 is 6.18 Å². The zero-order valence-corrected chi connectivity index (χ0v) is 14.0. The zero-order valence-electron chi connectivity index (χ0n) is 12.5. The second kappa shape index (κ2) is 6.61. The quantitative estimate of drug-likeness (QED) is 0.739. The number of hydrogen-bond acceptors (Lipinski definition) is 4. The number of rotatable bonds is 2. The summed E-state index contributed by atoms with van der Waals surface area (Å²) in [5, 5.41) is 11.3. The summed E-state index contributed by atoms with van der Waals surface area (Å²) in [5.41, 5.74) is 0.401. The number of nitrogens with zero attached hydrogens (tertiary/aromatic N) is 3. The Labute approximate surface area is 146 Å². The number of alkyl halides is 3. The largest absolute Gasteiger partial charge is 0.434 e. The van der Waals surface area contributed by atoms with E-state index in [0.717, 1.165) is 41.8 Å². The van der Waals surface area contributed by atoms with Crippen LogP contribution in [0.15, 0.2) is 23.6 Å². The summed E-state index contributed by atoms with van der Waals surface area (Å²) in [4.78, 5) is 5.78. The van der Waals surface area contributed by atoms with Crippen molar-refractivity contribution in [2.45, 2.75) is 24.9 Å². The predicted molar refractivity (Wildman–Crippen MR) is 87.5 cm³/mol. The van der Waals surface area contributed by atoms with Gasteiger partial charge in [0.25, 0.3) is 0 Å². The van der Waals surface area contributed by atoms with E-state index in [2.05, 4.69) is 11.1 Å². The molecule has 0 saturated carbocycles. The lowest BCUT2D eigenvalue weighted by Gasteiger charge is -2.34. The highest BCUT2D eigenvalue weighted by atomic mass is 35.5. The lowest BCUT2D eigenvalue weighted by molar-refractivity contribution is -0.140. The fourth-order valence-corrected chi connectivity index (χ4v) is 3.98. The molecule has 24 heavy (non-hydrogen) atoms. The molecule has 0 N–H and O–H groups in total. The molecule has 2 heterocycles. The molecule has 0 bridgehead atoms. The molecule has 126 valence electrons. The topological polar surface area (TPSA) is 39.9 Å². The third-order valence-corrected chi connectivity index (χ3v) is 5.25. The Morgan fingerprint density at radius 3 is 2.83 bits per heavy atom. The van der Waals surface area contributed by atoms with Crippen molar-refractivity contribution in [2.75, 3.05) is 18.0 Å². The molecule has 1 fully saturated rings. The van der Waals surface area contributed by atoms with Gasteiger partial charge in [-0.1, -0.05) is 11.6 Å². The average Bonchev–Trinajstić information content (AvgIpc) is 3.05. The van der Waals surface area contributed by atoms with Crippen molar-refractivity contribution in [3.05, 3.63) is 44.9 Å². The van der Waals surface area contributed by atoms with E-state index in [4.69, 9.17) is 11.6 Å². The molecule has 0 spiro atoms. The summed E-state index contributed by atoms with van der Waals surface area (Å²) in [6, 6.07) is 7.18. The number of piperidine rings is 1. The van der Waals surface area contributed by atoms with Gasteiger partial charge in [-0.05, 0) is 31.0 Å². The Morgan fingerprint density at radius 1 is 1.38 bits per heavy atom. The van der Waals surface area contributed by atoms with Crippen molar-refractivity contribution >= 4 is 28.6 Å². The predicted octanol–water partition coefficient (Wildman–Crippen LogP) is 5.07. The lowest BCUT2D eigenvalue weighted by Crippen LogP contribution is -2.34. The molecule has 1 aliphatic heterocycles. The van der Waals surface area contributed by atoms with Crippen molar-refractivity contribution in [2.24, 2.45) is 0 Å². The molecule has 1 aromatic carbocycles. The van der Waals surface area contributed by atoms with Gasteiger partial charge in [0.1, 0.15) is 6.07 Å². The van der Waals surface area contributed by atoms with E-state index in [9.17, 15) is 18.4 Å². The van der Waals surface area contributed by atoms with Crippen LogP contribution >= 0.6 is 22.9 Å². The Balaban J connectivity index is 1.84. The summed E-state index contributed by atoms with van der Waals surface area (Å²) < 4.78 is 38.2. The van der Waals surface area contributed by atoms with Crippen LogP contribution in [0.2, 0.25) is 5.02 Å². The van der Waals surface area contributed by atoms with Gasteiger partial charge in [-0.3, -0.25) is 0 Å². The zero-order chi connectivity index (χ0) is 17.3. The summed E-state index contributed by atoms with van der Waals surface area (Å²) in [6.45, 7) is 1.27. The van der Waals surface area contributed by atoms with Crippen LogP contribution < -0.4 is 4.90 Å². The van der Waals surface area contributed by atoms with Crippen LogP contribution in [-0.2, 0) is 6.18 Å². The Bertz CT molecular complexity index is 782. The molecule has 1 saturated heterocycles. The van der Waals surface area contributed by atoms with Crippen molar-refractivity contribution in [3.8, 4) is 6.07 Å². The number of hydrogen-bond donors (Lipinski definition) is 0. The van der Waals surface area contributed by atoms with Crippen LogP contribution in [0.5, 0.6) is 0 Å². The number of benzene rings is 1. The molecule has 1 unspecified atom stereocenters. The van der Waals surface area contributed by atoms with Gasteiger partial charge in [-0.2, -0.15) is 18.4 Å². The van der Waals surface area contributed by atoms with Gasteiger partial charge in [0.15, 0.2) is 5.69 Å². The normalized spacial score (nSPS) is 18.5. The smallest absolute Gasteiger partial charge is 0.370 e. The first-order chi connectivity index (χ1) is 11.4. The van der Waals surface area contributed by atoms with Crippen molar-refractivity contribution in [3.63, 3.8) is 0 Å². The van der Waals surface area contributed by atoms with Crippen LogP contribution in [0.3, 0.4) is 0 Å². The second-order valence-corrected chi connectivity index (χ2v) is 6.95. The Morgan fingerprint density at radius 2 is 2.17 bits per heavy atom.